The van der Waals surface area contributed by atoms with Gasteiger partial charge in [-0.05, 0) is 37.6 Å². The van der Waals surface area contributed by atoms with E-state index in [4.69, 9.17) is 9.79 Å². The van der Waals surface area contributed by atoms with Crippen LogP contribution in [-0.4, -0.2) is 27.4 Å². The Morgan fingerprint density at radius 3 is 2.62 bits per heavy atom. The van der Waals surface area contributed by atoms with E-state index >= 15 is 0 Å². The number of phosphoric acid groups is 1. The molecular formula is C16H17N2O5P. The highest BCUT2D eigenvalue weighted by atomic mass is 31.2. The van der Waals surface area contributed by atoms with Crippen molar-refractivity contribution in [2.45, 2.75) is 13.8 Å². The molecule has 7 nitrogen and oxygen atoms in total. The summed E-state index contributed by atoms with van der Waals surface area (Å²) < 4.78 is 15.4. The Labute approximate surface area is 138 Å². The van der Waals surface area contributed by atoms with Crippen molar-refractivity contribution in [2.75, 3.05) is 11.6 Å². The van der Waals surface area contributed by atoms with Gasteiger partial charge in [0, 0.05) is 17.0 Å². The number of phosphoric ester groups is 1. The number of para-hydroxylation sites is 1. The number of carbonyl (C=O) groups excluding carboxylic acids is 1. The third kappa shape index (κ3) is 3.20. The van der Waals surface area contributed by atoms with Crippen LogP contribution in [0.2, 0.25) is 0 Å². The average Bonchev–Trinajstić information content (AvgIpc) is 2.95. The van der Waals surface area contributed by atoms with E-state index in [1.165, 1.54) is 4.90 Å². The molecule has 0 spiro atoms. The van der Waals surface area contributed by atoms with Gasteiger partial charge in [0.05, 0.1) is 11.3 Å². The SMILES string of the molecule is Cc1cc(C)c(/C=C2\C(=O)N(COP(=O)(O)O)c3ccccc32)[nH]1. The van der Waals surface area contributed by atoms with Gasteiger partial charge in [-0.3, -0.25) is 14.2 Å². The molecule has 0 fully saturated rings. The first-order valence-electron chi connectivity index (χ1n) is 7.25. The Balaban J connectivity index is 2.01. The molecule has 2 aromatic rings. The van der Waals surface area contributed by atoms with Crippen molar-refractivity contribution in [3.05, 3.63) is 52.8 Å². The van der Waals surface area contributed by atoms with E-state index in [-0.39, 0.29) is 5.91 Å². The van der Waals surface area contributed by atoms with Gasteiger partial charge in [0.15, 0.2) is 0 Å². The molecule has 3 rings (SSSR count). The second-order valence-corrected chi connectivity index (χ2v) is 6.85. The molecule has 2 heterocycles. The second kappa shape index (κ2) is 6.03. The number of fused-ring (bicyclic) bond motifs is 1. The van der Waals surface area contributed by atoms with E-state index in [0.29, 0.717) is 16.8 Å². The fourth-order valence-electron chi connectivity index (χ4n) is 2.75. The lowest BCUT2D eigenvalue weighted by molar-refractivity contribution is -0.113. The average molecular weight is 348 g/mol. The van der Waals surface area contributed by atoms with Crippen LogP contribution >= 0.6 is 7.82 Å². The number of anilines is 1. The number of aryl methyl sites for hydroxylation is 2. The van der Waals surface area contributed by atoms with Gasteiger partial charge in [-0.1, -0.05) is 18.2 Å². The molecule has 126 valence electrons. The smallest absolute Gasteiger partial charge is 0.359 e. The first-order valence-corrected chi connectivity index (χ1v) is 8.78. The van der Waals surface area contributed by atoms with Gasteiger partial charge < -0.3 is 14.8 Å². The predicted octanol–water partition coefficient (Wildman–Crippen LogP) is 2.59. The maximum absolute atomic E-state index is 12.7. The number of nitrogens with zero attached hydrogens (tertiary/aromatic N) is 1. The number of nitrogens with one attached hydrogen (secondary N) is 1. The summed E-state index contributed by atoms with van der Waals surface area (Å²) in [4.78, 5) is 34.9. The lowest BCUT2D eigenvalue weighted by Crippen LogP contribution is -2.28. The number of rotatable bonds is 4. The topological polar surface area (TPSA) is 103 Å². The van der Waals surface area contributed by atoms with Crippen molar-refractivity contribution in [1.82, 2.24) is 4.98 Å². The first-order chi connectivity index (χ1) is 11.3. The number of aromatic nitrogens is 1. The molecule has 1 aromatic heterocycles. The normalized spacial score (nSPS) is 16.1. The van der Waals surface area contributed by atoms with Gasteiger partial charge in [-0.25, -0.2) is 4.57 Å². The minimum atomic E-state index is -4.67. The molecule has 1 aliphatic heterocycles. The number of H-pyrrole nitrogens is 1. The van der Waals surface area contributed by atoms with Crippen molar-refractivity contribution < 1.29 is 23.7 Å². The third-order valence-corrected chi connectivity index (χ3v) is 4.25. The molecule has 0 saturated heterocycles. The van der Waals surface area contributed by atoms with E-state index in [1.807, 2.05) is 19.9 Å². The Kier molecular flexibility index (Phi) is 4.19. The minimum Gasteiger partial charge on any atom is -0.359 e. The number of carbonyl (C=O) groups is 1. The van der Waals surface area contributed by atoms with Gasteiger partial charge >= 0.3 is 7.82 Å². The highest BCUT2D eigenvalue weighted by Gasteiger charge is 2.33. The summed E-state index contributed by atoms with van der Waals surface area (Å²) in [6.45, 7) is 3.36. The van der Waals surface area contributed by atoms with Crippen LogP contribution < -0.4 is 4.90 Å². The van der Waals surface area contributed by atoms with Crippen molar-refractivity contribution >= 4 is 31.1 Å². The molecule has 0 unspecified atom stereocenters. The van der Waals surface area contributed by atoms with Crippen molar-refractivity contribution in [1.29, 1.82) is 0 Å². The fourth-order valence-corrected chi connectivity index (χ4v) is 3.02. The zero-order valence-corrected chi connectivity index (χ0v) is 14.1. The number of aromatic amines is 1. The van der Waals surface area contributed by atoms with Crippen LogP contribution in [-0.2, 0) is 13.9 Å². The molecular weight excluding hydrogens is 331 g/mol. The largest absolute Gasteiger partial charge is 0.471 e. The van der Waals surface area contributed by atoms with Gasteiger partial charge in [0.2, 0.25) is 0 Å². The minimum absolute atomic E-state index is 0.365. The number of hydrogen-bond donors (Lipinski definition) is 3. The lowest BCUT2D eigenvalue weighted by Gasteiger charge is -2.17. The molecule has 24 heavy (non-hydrogen) atoms. The molecule has 1 aliphatic rings. The quantitative estimate of drug-likeness (QED) is 0.582. The molecule has 1 aromatic carbocycles. The van der Waals surface area contributed by atoms with Crippen LogP contribution in [0, 0.1) is 13.8 Å². The Morgan fingerprint density at radius 2 is 2.00 bits per heavy atom. The molecule has 0 aliphatic carbocycles. The molecule has 3 N–H and O–H groups in total. The van der Waals surface area contributed by atoms with E-state index in [1.54, 1.807) is 30.3 Å². The molecule has 8 heteroatoms. The lowest BCUT2D eigenvalue weighted by atomic mass is 10.1. The zero-order valence-electron chi connectivity index (χ0n) is 13.2. The van der Waals surface area contributed by atoms with Crippen LogP contribution in [0.1, 0.15) is 22.5 Å². The van der Waals surface area contributed by atoms with Crippen molar-refractivity contribution in [3.63, 3.8) is 0 Å². The maximum atomic E-state index is 12.7. The summed E-state index contributed by atoms with van der Waals surface area (Å²) in [6.07, 6.45) is 1.75. The Bertz CT molecular complexity index is 880. The summed E-state index contributed by atoms with van der Waals surface area (Å²) in [7, 11) is -4.67. The summed E-state index contributed by atoms with van der Waals surface area (Å²) in [5, 5.41) is 0. The predicted molar refractivity (Wildman–Crippen MR) is 90.1 cm³/mol. The van der Waals surface area contributed by atoms with Gasteiger partial charge in [0.25, 0.3) is 5.91 Å². The number of benzene rings is 1. The second-order valence-electron chi connectivity index (χ2n) is 5.61. The third-order valence-electron chi connectivity index (χ3n) is 3.79. The van der Waals surface area contributed by atoms with Crippen LogP contribution in [0.3, 0.4) is 0 Å². The van der Waals surface area contributed by atoms with Crippen LogP contribution in [0.5, 0.6) is 0 Å². The molecule has 1 amide bonds. The first kappa shape index (κ1) is 16.7. The number of hydrogen-bond acceptors (Lipinski definition) is 3. The molecule has 0 bridgehead atoms. The van der Waals surface area contributed by atoms with Crippen LogP contribution in [0.25, 0.3) is 11.6 Å². The fraction of sp³-hybridized carbons (Fsp3) is 0.188. The van der Waals surface area contributed by atoms with E-state index < -0.39 is 14.6 Å². The van der Waals surface area contributed by atoms with Gasteiger partial charge in [0.1, 0.15) is 6.73 Å². The van der Waals surface area contributed by atoms with Crippen molar-refractivity contribution in [3.8, 4) is 0 Å². The molecule has 0 radical (unpaired) electrons. The summed E-state index contributed by atoms with van der Waals surface area (Å²) in [6, 6.07) is 9.04. The summed E-state index contributed by atoms with van der Waals surface area (Å²) in [5.41, 5.74) is 4.52. The highest BCUT2D eigenvalue weighted by Crippen LogP contribution is 2.41. The summed E-state index contributed by atoms with van der Waals surface area (Å²) >= 11 is 0. The van der Waals surface area contributed by atoms with Gasteiger partial charge in [-0.2, -0.15) is 0 Å². The van der Waals surface area contributed by atoms with E-state index in [2.05, 4.69) is 9.51 Å². The standard InChI is InChI=1S/C16H17N2O5P/c1-10-7-11(2)17-14(10)8-13-12-5-3-4-6-15(12)18(16(13)19)9-23-24(20,21)22/h3-8,17H,9H2,1-2H3,(H2,20,21,22)/b13-8-. The zero-order chi connectivity index (χ0) is 17.5. The van der Waals surface area contributed by atoms with Gasteiger partial charge in [-0.15, -0.1) is 0 Å². The Morgan fingerprint density at radius 1 is 1.29 bits per heavy atom. The van der Waals surface area contributed by atoms with Crippen molar-refractivity contribution in [2.24, 2.45) is 0 Å². The van der Waals surface area contributed by atoms with Crippen LogP contribution in [0.4, 0.5) is 5.69 Å². The maximum Gasteiger partial charge on any atom is 0.471 e. The van der Waals surface area contributed by atoms with E-state index in [0.717, 1.165) is 17.0 Å². The highest BCUT2D eigenvalue weighted by molar-refractivity contribution is 7.46. The number of amides is 1. The summed E-state index contributed by atoms with van der Waals surface area (Å²) in [5.74, 6) is -0.365. The monoisotopic (exact) mass is 348 g/mol. The molecule has 0 saturated carbocycles. The van der Waals surface area contributed by atoms with Crippen LogP contribution in [0.15, 0.2) is 30.3 Å². The Hall–Kier alpha value is -2.18. The van der Waals surface area contributed by atoms with E-state index in [9.17, 15) is 9.36 Å². The molecule has 0 atom stereocenters.